The molecule has 84 valence electrons. The molecule has 2 N–H and O–H groups in total. The second kappa shape index (κ2) is 3.51. The van der Waals surface area contributed by atoms with Crippen LogP contribution in [-0.4, -0.2) is 4.98 Å². The van der Waals surface area contributed by atoms with E-state index in [4.69, 9.17) is 11.0 Å². The molecule has 0 atom stereocenters. The van der Waals surface area contributed by atoms with E-state index in [1.807, 2.05) is 6.92 Å². The number of nitriles is 1. The quantitative estimate of drug-likeness (QED) is 0.861. The minimum atomic E-state index is -0.796. The van der Waals surface area contributed by atoms with E-state index in [9.17, 15) is 4.39 Å². The van der Waals surface area contributed by atoms with Gasteiger partial charge >= 0.3 is 0 Å². The average Bonchev–Trinajstić information content (AvgIpc) is 2.15. The molecule has 1 saturated carbocycles. The van der Waals surface area contributed by atoms with E-state index in [0.29, 0.717) is 17.3 Å². The Hall–Kier alpha value is -0.990. The second-order valence-electron chi connectivity index (χ2n) is 4.67. The largest absolute Gasteiger partial charge is 0.320 e. The molecule has 16 heavy (non-hydrogen) atoms. The van der Waals surface area contributed by atoms with Crippen LogP contribution in [0.3, 0.4) is 0 Å². The highest BCUT2D eigenvalue weighted by Gasteiger charge is 2.52. The fourth-order valence-corrected chi connectivity index (χ4v) is 2.67. The van der Waals surface area contributed by atoms with Gasteiger partial charge in [-0.25, -0.2) is 4.39 Å². The normalized spacial score (nSPS) is 32.9. The van der Waals surface area contributed by atoms with E-state index < -0.39 is 16.8 Å². The monoisotopic (exact) mass is 283 g/mol. The summed E-state index contributed by atoms with van der Waals surface area (Å²) in [5.41, 5.74) is 5.07. The molecule has 0 spiro atoms. The summed E-state index contributed by atoms with van der Waals surface area (Å²) in [6.07, 6.45) is 2.42. The van der Waals surface area contributed by atoms with Crippen molar-refractivity contribution in [3.05, 3.63) is 28.2 Å². The lowest BCUT2D eigenvalue weighted by Gasteiger charge is -2.48. The fraction of sp³-hybridized carbons (Fsp3) is 0.455. The van der Waals surface area contributed by atoms with Crippen LogP contribution in [-0.2, 0) is 5.54 Å². The molecule has 0 radical (unpaired) electrons. The summed E-state index contributed by atoms with van der Waals surface area (Å²) < 4.78 is 14.3. The molecule has 0 unspecified atom stereocenters. The van der Waals surface area contributed by atoms with Gasteiger partial charge in [-0.1, -0.05) is 0 Å². The van der Waals surface area contributed by atoms with E-state index in [1.165, 1.54) is 12.3 Å². The molecular weight excluding hydrogens is 273 g/mol. The smallest absolute Gasteiger partial charge is 0.147 e. The third-order valence-electron chi connectivity index (χ3n) is 2.96. The van der Waals surface area contributed by atoms with Gasteiger partial charge in [0.15, 0.2) is 0 Å². The van der Waals surface area contributed by atoms with Gasteiger partial charge in [0.1, 0.15) is 5.82 Å². The van der Waals surface area contributed by atoms with Crippen molar-refractivity contribution in [3.8, 4) is 6.07 Å². The van der Waals surface area contributed by atoms with Crippen molar-refractivity contribution in [2.24, 2.45) is 11.1 Å². The Labute approximate surface area is 102 Å². The van der Waals surface area contributed by atoms with E-state index in [1.54, 1.807) is 0 Å². The van der Waals surface area contributed by atoms with Crippen molar-refractivity contribution in [2.75, 3.05) is 0 Å². The summed E-state index contributed by atoms with van der Waals surface area (Å²) in [5, 5.41) is 8.91. The van der Waals surface area contributed by atoms with Gasteiger partial charge in [0.25, 0.3) is 0 Å². The van der Waals surface area contributed by atoms with Gasteiger partial charge in [0.2, 0.25) is 0 Å². The maximum Gasteiger partial charge on any atom is 0.147 e. The molecule has 1 fully saturated rings. The van der Waals surface area contributed by atoms with Crippen molar-refractivity contribution in [1.29, 1.82) is 5.26 Å². The first kappa shape index (κ1) is 11.5. The summed E-state index contributed by atoms with van der Waals surface area (Å²) in [4.78, 5) is 4.02. The number of nitrogens with two attached hydrogens (primary N) is 1. The minimum Gasteiger partial charge on any atom is -0.320 e. The Bertz CT molecular complexity index is 475. The Morgan fingerprint density at radius 2 is 2.25 bits per heavy atom. The fourth-order valence-electron chi connectivity index (χ4n) is 2.37. The average molecular weight is 284 g/mol. The molecule has 0 saturated heterocycles. The van der Waals surface area contributed by atoms with E-state index >= 15 is 0 Å². The Morgan fingerprint density at radius 3 is 2.75 bits per heavy atom. The standard InChI is InChI=1S/C11H11BrFN3/c1-10(6-14)4-11(15,5-10)9-8(13)2-7(12)3-16-9/h2-3H,4-5,15H2,1H3. The Morgan fingerprint density at radius 1 is 1.62 bits per heavy atom. The number of hydrogen-bond donors (Lipinski definition) is 1. The molecule has 5 heteroatoms. The SMILES string of the molecule is CC1(C#N)CC(N)(c2ncc(Br)cc2F)C1. The summed E-state index contributed by atoms with van der Waals surface area (Å²) in [6, 6.07) is 3.54. The number of rotatable bonds is 1. The van der Waals surface area contributed by atoms with Crippen molar-refractivity contribution in [1.82, 2.24) is 4.98 Å². The molecule has 1 aliphatic carbocycles. The Kier molecular flexibility index (Phi) is 2.52. The first-order chi connectivity index (χ1) is 7.38. The predicted molar refractivity (Wildman–Crippen MR) is 60.7 cm³/mol. The van der Waals surface area contributed by atoms with Crippen LogP contribution in [0.15, 0.2) is 16.7 Å². The minimum absolute atomic E-state index is 0.253. The number of pyridine rings is 1. The molecule has 1 aromatic heterocycles. The maximum atomic E-state index is 13.7. The van der Waals surface area contributed by atoms with Crippen LogP contribution in [0.25, 0.3) is 0 Å². The lowest BCUT2D eigenvalue weighted by Crippen LogP contribution is -2.54. The number of hydrogen-bond acceptors (Lipinski definition) is 3. The van der Waals surface area contributed by atoms with E-state index in [2.05, 4.69) is 27.0 Å². The number of halogens is 2. The molecule has 3 nitrogen and oxygen atoms in total. The van der Waals surface area contributed by atoms with Crippen molar-refractivity contribution in [2.45, 2.75) is 25.3 Å². The molecule has 0 amide bonds. The summed E-state index contributed by atoms with van der Waals surface area (Å²) in [7, 11) is 0. The summed E-state index contributed by atoms with van der Waals surface area (Å²) >= 11 is 3.14. The van der Waals surface area contributed by atoms with Crippen LogP contribution in [0.1, 0.15) is 25.5 Å². The molecular formula is C11H11BrFN3. The lowest BCUT2D eigenvalue weighted by atomic mass is 9.58. The molecule has 2 rings (SSSR count). The first-order valence-corrected chi connectivity index (χ1v) is 5.70. The third-order valence-corrected chi connectivity index (χ3v) is 3.39. The first-order valence-electron chi connectivity index (χ1n) is 4.90. The number of nitrogens with zero attached hydrogens (tertiary/aromatic N) is 2. The third kappa shape index (κ3) is 1.72. The van der Waals surface area contributed by atoms with Gasteiger partial charge in [0.05, 0.1) is 22.7 Å². The van der Waals surface area contributed by atoms with E-state index in [0.717, 1.165) is 0 Å². The molecule has 0 aromatic carbocycles. The molecule has 0 bridgehead atoms. The molecule has 1 heterocycles. The highest BCUT2D eigenvalue weighted by Crippen LogP contribution is 2.51. The van der Waals surface area contributed by atoms with Crippen LogP contribution in [0, 0.1) is 22.6 Å². The van der Waals surface area contributed by atoms with Crippen molar-refractivity contribution >= 4 is 15.9 Å². The number of aromatic nitrogens is 1. The molecule has 0 aliphatic heterocycles. The van der Waals surface area contributed by atoms with Crippen molar-refractivity contribution in [3.63, 3.8) is 0 Å². The maximum absolute atomic E-state index is 13.7. The highest BCUT2D eigenvalue weighted by molar-refractivity contribution is 9.10. The van der Waals surface area contributed by atoms with Crippen LogP contribution >= 0.6 is 15.9 Å². The van der Waals surface area contributed by atoms with Crippen LogP contribution < -0.4 is 5.73 Å². The zero-order chi connectivity index (χ0) is 12.0. The summed E-state index contributed by atoms with van der Waals surface area (Å²) in [5.74, 6) is -0.420. The van der Waals surface area contributed by atoms with Crippen LogP contribution in [0.2, 0.25) is 0 Å². The van der Waals surface area contributed by atoms with Crippen LogP contribution in [0.5, 0.6) is 0 Å². The van der Waals surface area contributed by atoms with E-state index in [-0.39, 0.29) is 5.69 Å². The molecule has 1 aliphatic rings. The van der Waals surface area contributed by atoms with Gasteiger partial charge < -0.3 is 5.73 Å². The summed E-state index contributed by atoms with van der Waals surface area (Å²) in [6.45, 7) is 1.83. The van der Waals surface area contributed by atoms with Gasteiger partial charge in [-0.05, 0) is 41.8 Å². The van der Waals surface area contributed by atoms with Gasteiger partial charge in [-0.3, -0.25) is 4.98 Å². The Balaban J connectivity index is 2.31. The lowest BCUT2D eigenvalue weighted by molar-refractivity contribution is 0.0900. The predicted octanol–water partition coefficient (Wildman–Crippen LogP) is 2.46. The van der Waals surface area contributed by atoms with Crippen LogP contribution in [0.4, 0.5) is 4.39 Å². The molecule has 1 aromatic rings. The zero-order valence-electron chi connectivity index (χ0n) is 8.80. The topological polar surface area (TPSA) is 62.7 Å². The van der Waals surface area contributed by atoms with Gasteiger partial charge in [0, 0.05) is 10.7 Å². The second-order valence-corrected chi connectivity index (χ2v) is 5.58. The highest BCUT2D eigenvalue weighted by atomic mass is 79.9. The van der Waals surface area contributed by atoms with Crippen molar-refractivity contribution < 1.29 is 4.39 Å². The van der Waals surface area contributed by atoms with Gasteiger partial charge in [-0.15, -0.1) is 0 Å². The van der Waals surface area contributed by atoms with Gasteiger partial charge in [-0.2, -0.15) is 5.26 Å². The zero-order valence-corrected chi connectivity index (χ0v) is 10.4.